The number of furan rings is 1. The molecular formula is C47H32N4O. The van der Waals surface area contributed by atoms with Crippen molar-refractivity contribution in [2.24, 2.45) is 9.98 Å². The largest absolute Gasteiger partial charge is 0.452 e. The molecule has 0 saturated heterocycles. The monoisotopic (exact) mass is 668 g/mol. The van der Waals surface area contributed by atoms with E-state index in [-0.39, 0.29) is 0 Å². The van der Waals surface area contributed by atoms with Crippen molar-refractivity contribution in [1.82, 2.24) is 9.13 Å². The third-order valence-electron chi connectivity index (χ3n) is 10.3. The van der Waals surface area contributed by atoms with Gasteiger partial charge in [-0.1, -0.05) is 91.0 Å². The van der Waals surface area contributed by atoms with E-state index in [4.69, 9.17) is 4.42 Å². The van der Waals surface area contributed by atoms with Crippen LogP contribution in [0.5, 0.6) is 0 Å². The van der Waals surface area contributed by atoms with E-state index < -0.39 is 0 Å². The van der Waals surface area contributed by atoms with Crippen molar-refractivity contribution in [2.45, 2.75) is 0 Å². The fraction of sp³-hybridized carbons (Fsp3) is 0.0213. The van der Waals surface area contributed by atoms with Crippen LogP contribution in [0.3, 0.4) is 0 Å². The van der Waals surface area contributed by atoms with E-state index >= 15 is 0 Å². The number of rotatable bonds is 6. The van der Waals surface area contributed by atoms with Crippen LogP contribution in [-0.4, -0.2) is 28.6 Å². The van der Waals surface area contributed by atoms with Gasteiger partial charge in [0.05, 0.1) is 22.1 Å². The first-order chi connectivity index (χ1) is 25.7. The Labute approximate surface area is 300 Å². The molecule has 10 aromatic rings. The highest BCUT2D eigenvalue weighted by atomic mass is 16.3. The topological polar surface area (TPSA) is 47.7 Å². The molecule has 3 heterocycles. The van der Waals surface area contributed by atoms with E-state index in [0.717, 1.165) is 44.7 Å². The normalized spacial score (nSPS) is 12.1. The summed E-state index contributed by atoms with van der Waals surface area (Å²) in [4.78, 5) is 8.96. The highest BCUT2D eigenvalue weighted by Crippen LogP contribution is 2.39. The first kappa shape index (κ1) is 29.9. The van der Waals surface area contributed by atoms with Crippen molar-refractivity contribution in [3.05, 3.63) is 175 Å². The summed E-state index contributed by atoms with van der Waals surface area (Å²) in [5.41, 5.74) is 12.5. The molecule has 0 aliphatic carbocycles. The van der Waals surface area contributed by atoms with Crippen LogP contribution in [0, 0.1) is 0 Å². The number of benzene rings is 7. The smallest absolute Gasteiger partial charge is 0.179 e. The maximum atomic E-state index is 6.26. The maximum absolute atomic E-state index is 6.26. The van der Waals surface area contributed by atoms with Gasteiger partial charge >= 0.3 is 0 Å². The zero-order chi connectivity index (χ0) is 34.8. The van der Waals surface area contributed by atoms with Crippen LogP contribution in [-0.2, 0) is 0 Å². The van der Waals surface area contributed by atoms with E-state index in [1.165, 1.54) is 43.7 Å². The lowest BCUT2D eigenvalue weighted by Crippen LogP contribution is -2.03. The Balaban J connectivity index is 1.08. The Hall–Kier alpha value is -6.98. The van der Waals surface area contributed by atoms with Crippen LogP contribution >= 0.6 is 0 Å². The first-order valence-corrected chi connectivity index (χ1v) is 17.4. The lowest BCUT2D eigenvalue weighted by Gasteiger charge is -2.11. The van der Waals surface area contributed by atoms with Gasteiger partial charge < -0.3 is 13.6 Å². The highest BCUT2D eigenvalue weighted by Gasteiger charge is 2.20. The Morgan fingerprint density at radius 2 is 1.00 bits per heavy atom. The average molecular weight is 669 g/mol. The van der Waals surface area contributed by atoms with E-state index in [1.54, 1.807) is 7.05 Å². The number of para-hydroxylation sites is 4. The predicted molar refractivity (Wildman–Crippen MR) is 218 cm³/mol. The molecule has 7 aromatic carbocycles. The van der Waals surface area contributed by atoms with Gasteiger partial charge in [0.1, 0.15) is 17.0 Å². The second-order valence-electron chi connectivity index (χ2n) is 13.1. The summed E-state index contributed by atoms with van der Waals surface area (Å²) in [6.07, 6.45) is 0. The molecule has 3 aromatic heterocycles. The van der Waals surface area contributed by atoms with Gasteiger partial charge in [0.15, 0.2) is 5.76 Å². The Kier molecular flexibility index (Phi) is 6.80. The van der Waals surface area contributed by atoms with Crippen LogP contribution in [0.4, 0.5) is 5.69 Å². The van der Waals surface area contributed by atoms with Crippen LogP contribution in [0.2, 0.25) is 0 Å². The molecule has 0 unspecified atom stereocenters. The van der Waals surface area contributed by atoms with Crippen molar-refractivity contribution in [2.75, 3.05) is 7.05 Å². The number of aromatic nitrogens is 2. The molecule has 0 bridgehead atoms. The molecule has 0 N–H and O–H groups in total. The Bertz CT molecular complexity index is 3030. The third kappa shape index (κ3) is 4.49. The van der Waals surface area contributed by atoms with Gasteiger partial charge in [-0.15, -0.1) is 0 Å². The summed E-state index contributed by atoms with van der Waals surface area (Å²) < 4.78 is 11.0. The van der Waals surface area contributed by atoms with E-state index in [2.05, 4.69) is 165 Å². The van der Waals surface area contributed by atoms with E-state index in [0.29, 0.717) is 11.4 Å². The maximum Gasteiger partial charge on any atom is 0.179 e. The number of aliphatic imine (C=N–C) groups is 2. The summed E-state index contributed by atoms with van der Waals surface area (Å²) in [6, 6.07) is 58.0. The first-order valence-electron chi connectivity index (χ1n) is 17.4. The molecule has 246 valence electrons. The fourth-order valence-electron chi connectivity index (χ4n) is 7.92. The SMILES string of the molecule is C=Nc1c(C(=NC)c2ccc(-n3c4ccccc4c4cc(-c5ccc6c(c5)c5ccccc5n6-c5ccccc5)ccc43)cc2)oc2ccccc12. The van der Waals surface area contributed by atoms with E-state index in [1.807, 2.05) is 24.3 Å². The molecule has 0 atom stereocenters. The molecule has 0 radical (unpaired) electrons. The predicted octanol–water partition coefficient (Wildman–Crippen LogP) is 12.1. The van der Waals surface area contributed by atoms with Crippen molar-refractivity contribution in [1.29, 1.82) is 0 Å². The second kappa shape index (κ2) is 11.8. The third-order valence-corrected chi connectivity index (χ3v) is 10.3. The molecule has 0 saturated carbocycles. The van der Waals surface area contributed by atoms with Gasteiger partial charge in [0, 0.05) is 50.9 Å². The van der Waals surface area contributed by atoms with Crippen molar-refractivity contribution in [3.63, 3.8) is 0 Å². The van der Waals surface area contributed by atoms with Gasteiger partial charge in [-0.25, -0.2) is 0 Å². The minimum atomic E-state index is 0.624. The number of hydrogen-bond donors (Lipinski definition) is 0. The lowest BCUT2D eigenvalue weighted by molar-refractivity contribution is 0.606. The molecule has 0 spiro atoms. The molecule has 5 heteroatoms. The molecule has 10 rings (SSSR count). The summed E-state index contributed by atoms with van der Waals surface area (Å²) >= 11 is 0. The zero-order valence-electron chi connectivity index (χ0n) is 28.5. The molecule has 0 fully saturated rings. The van der Waals surface area contributed by atoms with Crippen molar-refractivity contribution >= 4 is 72.7 Å². The van der Waals surface area contributed by atoms with Crippen molar-refractivity contribution in [3.8, 4) is 22.5 Å². The zero-order valence-corrected chi connectivity index (χ0v) is 28.5. The number of fused-ring (bicyclic) bond motifs is 7. The summed E-state index contributed by atoms with van der Waals surface area (Å²) in [6.45, 7) is 3.82. The van der Waals surface area contributed by atoms with E-state index in [9.17, 15) is 0 Å². The standard InChI is InChI=1S/C47H32N4O/c1-48-45(47-46(49-2)37-16-8-11-19-44(37)52-47)30-20-24-34(25-21-30)51-41-18-10-7-15-36(41)39-29-32(23-27-43(39)51)31-22-26-42-38(28-31)35-14-6-9-17-40(35)50(42)33-12-4-3-5-13-33/h3-29H,2H2,1H3. The van der Waals surface area contributed by atoms with Gasteiger partial charge in [0.2, 0.25) is 0 Å². The van der Waals surface area contributed by atoms with Gasteiger partial charge in [-0.05, 0) is 90.6 Å². The molecule has 0 aliphatic rings. The van der Waals surface area contributed by atoms with Crippen LogP contribution < -0.4 is 0 Å². The van der Waals surface area contributed by atoms with Crippen LogP contribution in [0.15, 0.2) is 178 Å². The second-order valence-corrected chi connectivity index (χ2v) is 13.1. The van der Waals surface area contributed by atoms with Crippen molar-refractivity contribution < 1.29 is 4.42 Å². The highest BCUT2D eigenvalue weighted by molar-refractivity contribution is 6.18. The molecular weight excluding hydrogens is 637 g/mol. The van der Waals surface area contributed by atoms with Crippen LogP contribution in [0.25, 0.3) is 77.1 Å². The molecule has 52 heavy (non-hydrogen) atoms. The summed E-state index contributed by atoms with van der Waals surface area (Å²) in [5.74, 6) is 0.624. The fourth-order valence-corrected chi connectivity index (χ4v) is 7.92. The molecule has 0 aliphatic heterocycles. The minimum absolute atomic E-state index is 0.624. The number of nitrogens with zero attached hydrogens (tertiary/aromatic N) is 4. The Morgan fingerprint density at radius 1 is 0.500 bits per heavy atom. The average Bonchev–Trinajstić information content (AvgIpc) is 3.86. The quantitative estimate of drug-likeness (QED) is 0.163. The molecule has 0 amide bonds. The van der Waals surface area contributed by atoms with Crippen LogP contribution in [0.1, 0.15) is 11.3 Å². The summed E-state index contributed by atoms with van der Waals surface area (Å²) in [7, 11) is 1.78. The minimum Gasteiger partial charge on any atom is -0.452 e. The number of hydrogen-bond acceptors (Lipinski definition) is 3. The summed E-state index contributed by atoms with van der Waals surface area (Å²) in [5, 5.41) is 5.84. The van der Waals surface area contributed by atoms with Gasteiger partial charge in [0.25, 0.3) is 0 Å². The Morgan fingerprint density at radius 3 is 1.58 bits per heavy atom. The molecule has 5 nitrogen and oxygen atoms in total. The lowest BCUT2D eigenvalue weighted by atomic mass is 10.0. The van der Waals surface area contributed by atoms with Gasteiger partial charge in [-0.2, -0.15) is 0 Å². The van der Waals surface area contributed by atoms with Gasteiger partial charge in [-0.3, -0.25) is 9.98 Å².